The molecule has 0 aliphatic carbocycles. The molecule has 18 heavy (non-hydrogen) atoms. The highest BCUT2D eigenvalue weighted by Gasteiger charge is 1.98. The fraction of sp³-hybridized carbons (Fsp3) is 0.364. The largest absolute Gasteiger partial charge is 0.356 e. The summed E-state index contributed by atoms with van der Waals surface area (Å²) in [5.74, 6) is 0.515. The average Bonchev–Trinajstić information content (AvgIpc) is 2.69. The zero-order chi connectivity index (χ0) is 13.0. The van der Waals surface area contributed by atoms with E-state index in [4.69, 9.17) is 0 Å². The zero-order valence-electron chi connectivity index (χ0n) is 9.98. The van der Waals surface area contributed by atoms with Gasteiger partial charge in [0.2, 0.25) is 5.95 Å². The molecule has 0 aliphatic rings. The quantitative estimate of drug-likeness (QED) is 0.821. The lowest BCUT2D eigenvalue weighted by atomic mass is 10.4. The van der Waals surface area contributed by atoms with E-state index < -0.39 is 0 Å². The third-order valence-electron chi connectivity index (χ3n) is 2.33. The molecule has 2 aromatic rings. The van der Waals surface area contributed by atoms with Crippen LogP contribution in [0.15, 0.2) is 27.7 Å². The highest BCUT2D eigenvalue weighted by atomic mass is 79.9. The number of anilines is 1. The molecule has 2 aromatic heterocycles. The molecule has 7 heteroatoms. The van der Waals surface area contributed by atoms with Gasteiger partial charge in [-0.2, -0.15) is 5.10 Å². The van der Waals surface area contributed by atoms with Crippen molar-refractivity contribution >= 4 is 21.9 Å². The smallest absolute Gasteiger partial charge is 0.252 e. The molecule has 0 radical (unpaired) electrons. The van der Waals surface area contributed by atoms with Gasteiger partial charge in [0, 0.05) is 31.0 Å². The van der Waals surface area contributed by atoms with Gasteiger partial charge < -0.3 is 5.32 Å². The number of hydrogen-bond donors (Lipinski definition) is 2. The van der Waals surface area contributed by atoms with E-state index in [9.17, 15) is 4.79 Å². The molecule has 0 spiro atoms. The molecule has 0 fully saturated rings. The topological polar surface area (TPSA) is 75.6 Å². The Morgan fingerprint density at radius 2 is 2.39 bits per heavy atom. The fourth-order valence-electron chi connectivity index (χ4n) is 1.57. The Morgan fingerprint density at radius 3 is 3.06 bits per heavy atom. The second kappa shape index (κ2) is 5.81. The summed E-state index contributed by atoms with van der Waals surface area (Å²) in [7, 11) is 0. The maximum Gasteiger partial charge on any atom is 0.252 e. The number of hydrogen-bond acceptors (Lipinski definition) is 4. The molecular formula is C11H14BrN5O. The molecule has 0 aliphatic heterocycles. The van der Waals surface area contributed by atoms with Crippen molar-refractivity contribution in [3.05, 3.63) is 39.0 Å². The van der Waals surface area contributed by atoms with Crippen LogP contribution in [0, 0.1) is 6.92 Å². The van der Waals surface area contributed by atoms with Gasteiger partial charge >= 0.3 is 0 Å². The summed E-state index contributed by atoms with van der Waals surface area (Å²) in [5.41, 5.74) is 0.568. The Balaban J connectivity index is 1.80. The summed E-state index contributed by atoms with van der Waals surface area (Å²) in [6.45, 7) is 3.33. The first-order chi connectivity index (χ1) is 8.63. The Morgan fingerprint density at radius 1 is 1.56 bits per heavy atom. The molecule has 6 nitrogen and oxygen atoms in total. The van der Waals surface area contributed by atoms with E-state index in [0.29, 0.717) is 11.6 Å². The minimum atomic E-state index is -0.138. The zero-order valence-corrected chi connectivity index (χ0v) is 11.6. The van der Waals surface area contributed by atoms with E-state index in [2.05, 4.69) is 36.3 Å². The number of aryl methyl sites for hydroxylation is 2. The molecule has 96 valence electrons. The van der Waals surface area contributed by atoms with Gasteiger partial charge in [0.25, 0.3) is 5.56 Å². The van der Waals surface area contributed by atoms with E-state index in [0.717, 1.165) is 24.0 Å². The average molecular weight is 312 g/mol. The summed E-state index contributed by atoms with van der Waals surface area (Å²) in [6, 6.07) is 1.46. The van der Waals surface area contributed by atoms with Crippen molar-refractivity contribution in [1.29, 1.82) is 0 Å². The molecule has 2 N–H and O–H groups in total. The predicted octanol–water partition coefficient (Wildman–Crippen LogP) is 1.54. The number of nitrogens with zero attached hydrogens (tertiary/aromatic N) is 3. The van der Waals surface area contributed by atoms with Crippen molar-refractivity contribution in [1.82, 2.24) is 19.7 Å². The molecule has 0 saturated carbocycles. The minimum absolute atomic E-state index is 0.138. The summed E-state index contributed by atoms with van der Waals surface area (Å²) in [5, 5.41) is 7.24. The van der Waals surface area contributed by atoms with Gasteiger partial charge in [-0.1, -0.05) is 0 Å². The summed E-state index contributed by atoms with van der Waals surface area (Å²) in [6.07, 6.45) is 4.57. The molecule has 0 amide bonds. The fourth-order valence-corrected chi connectivity index (χ4v) is 1.90. The second-order valence-corrected chi connectivity index (χ2v) is 4.85. The maximum absolute atomic E-state index is 11.2. The number of H-pyrrole nitrogens is 1. The van der Waals surface area contributed by atoms with E-state index in [1.165, 1.54) is 6.07 Å². The van der Waals surface area contributed by atoms with Crippen LogP contribution >= 0.6 is 15.9 Å². The van der Waals surface area contributed by atoms with Gasteiger partial charge in [0.15, 0.2) is 0 Å². The van der Waals surface area contributed by atoms with Crippen molar-refractivity contribution in [2.75, 3.05) is 11.9 Å². The number of nitrogens with one attached hydrogen (secondary N) is 2. The van der Waals surface area contributed by atoms with Crippen LogP contribution in [-0.2, 0) is 6.54 Å². The summed E-state index contributed by atoms with van der Waals surface area (Å²) >= 11 is 3.35. The molecule has 0 bridgehead atoms. The first kappa shape index (κ1) is 12.8. The molecule has 2 heterocycles. The van der Waals surface area contributed by atoms with Gasteiger partial charge in [-0.05, 0) is 29.3 Å². The van der Waals surface area contributed by atoms with E-state index in [1.54, 1.807) is 13.1 Å². The SMILES string of the molecule is Cc1cc(=O)[nH]c(NCCCn2cc(Br)cn2)n1. The third kappa shape index (κ3) is 3.69. The molecular weight excluding hydrogens is 298 g/mol. The number of aromatic amines is 1. The Labute approximate surface area is 113 Å². The van der Waals surface area contributed by atoms with Crippen molar-refractivity contribution in [2.45, 2.75) is 19.9 Å². The van der Waals surface area contributed by atoms with Crippen LogP contribution in [0.2, 0.25) is 0 Å². The molecule has 0 unspecified atom stereocenters. The van der Waals surface area contributed by atoms with Crippen LogP contribution in [0.4, 0.5) is 5.95 Å². The number of aromatic nitrogens is 4. The molecule has 0 saturated heterocycles. The lowest BCUT2D eigenvalue weighted by Gasteiger charge is -2.05. The predicted molar refractivity (Wildman–Crippen MR) is 72.6 cm³/mol. The summed E-state index contributed by atoms with van der Waals surface area (Å²) < 4.78 is 2.83. The van der Waals surface area contributed by atoms with Crippen molar-refractivity contribution in [2.24, 2.45) is 0 Å². The highest BCUT2D eigenvalue weighted by molar-refractivity contribution is 9.10. The van der Waals surface area contributed by atoms with Crippen molar-refractivity contribution in [3.63, 3.8) is 0 Å². The van der Waals surface area contributed by atoms with Gasteiger partial charge in [-0.3, -0.25) is 14.5 Å². The van der Waals surface area contributed by atoms with Crippen LogP contribution in [0.25, 0.3) is 0 Å². The Kier molecular flexibility index (Phi) is 4.14. The van der Waals surface area contributed by atoms with E-state index in [-0.39, 0.29) is 5.56 Å². The number of rotatable bonds is 5. The highest BCUT2D eigenvalue weighted by Crippen LogP contribution is 2.06. The molecule has 0 aromatic carbocycles. The van der Waals surface area contributed by atoms with Crippen LogP contribution in [0.5, 0.6) is 0 Å². The monoisotopic (exact) mass is 311 g/mol. The van der Waals surface area contributed by atoms with E-state index >= 15 is 0 Å². The van der Waals surface area contributed by atoms with Gasteiger partial charge in [-0.25, -0.2) is 4.98 Å². The number of halogens is 1. The first-order valence-corrected chi connectivity index (χ1v) is 6.42. The Hall–Kier alpha value is -1.63. The Bertz CT molecular complexity index is 577. The van der Waals surface area contributed by atoms with Crippen molar-refractivity contribution in [3.8, 4) is 0 Å². The minimum Gasteiger partial charge on any atom is -0.356 e. The second-order valence-electron chi connectivity index (χ2n) is 3.94. The van der Waals surface area contributed by atoms with Gasteiger partial charge in [0.1, 0.15) is 0 Å². The lowest BCUT2D eigenvalue weighted by Crippen LogP contribution is -2.14. The first-order valence-electron chi connectivity index (χ1n) is 5.63. The van der Waals surface area contributed by atoms with Crippen LogP contribution in [0.1, 0.15) is 12.1 Å². The maximum atomic E-state index is 11.2. The van der Waals surface area contributed by atoms with Crippen LogP contribution < -0.4 is 10.9 Å². The van der Waals surface area contributed by atoms with Gasteiger partial charge in [0.05, 0.1) is 10.7 Å². The summed E-state index contributed by atoms with van der Waals surface area (Å²) in [4.78, 5) is 18.0. The van der Waals surface area contributed by atoms with Gasteiger partial charge in [-0.15, -0.1) is 0 Å². The third-order valence-corrected chi connectivity index (χ3v) is 2.74. The van der Waals surface area contributed by atoms with Crippen LogP contribution in [0.3, 0.4) is 0 Å². The standard InChI is InChI=1S/C11H14BrN5O/c1-8-5-10(18)16-11(15-8)13-3-2-4-17-7-9(12)6-14-17/h5-7H,2-4H2,1H3,(H2,13,15,16,18). The molecule has 2 rings (SSSR count). The van der Waals surface area contributed by atoms with Crippen molar-refractivity contribution < 1.29 is 0 Å². The lowest BCUT2D eigenvalue weighted by molar-refractivity contribution is 0.590. The normalized spacial score (nSPS) is 10.6. The van der Waals surface area contributed by atoms with Crippen LogP contribution in [-0.4, -0.2) is 26.3 Å². The molecule has 0 atom stereocenters. The van der Waals surface area contributed by atoms with E-state index in [1.807, 2.05) is 10.9 Å².